The molecule has 1 atom stereocenters. The number of nitrogens with one attached hydrogen (secondary N) is 1. The van der Waals surface area contributed by atoms with Crippen LogP contribution in [0.3, 0.4) is 0 Å². The molecule has 0 aliphatic carbocycles. The molecular weight excluding hydrogens is 412 g/mol. The van der Waals surface area contributed by atoms with E-state index < -0.39 is 6.04 Å². The number of thiazole rings is 1. The van der Waals surface area contributed by atoms with Crippen molar-refractivity contribution in [3.05, 3.63) is 40.9 Å². The second kappa shape index (κ2) is 10.2. The summed E-state index contributed by atoms with van der Waals surface area (Å²) in [5, 5.41) is 5.56. The molecule has 1 aromatic heterocycles. The highest BCUT2D eigenvalue weighted by Crippen LogP contribution is 2.27. The average Bonchev–Trinajstić information content (AvgIpc) is 3.44. The Hall–Kier alpha value is -2.45. The predicted octanol–water partition coefficient (Wildman–Crippen LogP) is 3.77. The fraction of sp³-hybridized carbons (Fsp3) is 0.522. The van der Waals surface area contributed by atoms with Gasteiger partial charge < -0.3 is 15.0 Å². The van der Waals surface area contributed by atoms with Gasteiger partial charge in [-0.2, -0.15) is 0 Å². The van der Waals surface area contributed by atoms with E-state index in [1.54, 1.807) is 17.0 Å². The third-order valence-electron chi connectivity index (χ3n) is 5.85. The lowest BCUT2D eigenvalue weighted by Crippen LogP contribution is -2.43. The van der Waals surface area contributed by atoms with Gasteiger partial charge in [0.15, 0.2) is 5.13 Å². The molecule has 8 heteroatoms. The Morgan fingerprint density at radius 3 is 2.77 bits per heavy atom. The number of anilines is 1. The van der Waals surface area contributed by atoms with Crippen LogP contribution in [-0.2, 0) is 11.3 Å². The summed E-state index contributed by atoms with van der Waals surface area (Å²) in [6, 6.07) is 6.73. The molecule has 2 aliphatic heterocycles. The number of amides is 2. The number of carbonyl (C=O) groups is 2. The van der Waals surface area contributed by atoms with Crippen LogP contribution in [-0.4, -0.2) is 58.9 Å². The Labute approximate surface area is 187 Å². The van der Waals surface area contributed by atoms with Gasteiger partial charge in [0.2, 0.25) is 5.91 Å². The zero-order chi connectivity index (χ0) is 21.6. The molecule has 2 aromatic rings. The van der Waals surface area contributed by atoms with Crippen molar-refractivity contribution >= 4 is 28.3 Å². The van der Waals surface area contributed by atoms with E-state index in [-0.39, 0.29) is 11.8 Å². The maximum absolute atomic E-state index is 13.2. The number of likely N-dealkylation sites (tertiary alicyclic amines) is 2. The van der Waals surface area contributed by atoms with Gasteiger partial charge in [0.05, 0.1) is 17.9 Å². The van der Waals surface area contributed by atoms with Crippen LogP contribution >= 0.6 is 11.3 Å². The van der Waals surface area contributed by atoms with E-state index in [1.165, 1.54) is 30.6 Å². The van der Waals surface area contributed by atoms with Crippen molar-refractivity contribution in [2.45, 2.75) is 51.6 Å². The lowest BCUT2D eigenvalue weighted by molar-refractivity contribution is -0.119. The topological polar surface area (TPSA) is 74.8 Å². The highest BCUT2D eigenvalue weighted by Gasteiger charge is 2.35. The Morgan fingerprint density at radius 1 is 1.16 bits per heavy atom. The van der Waals surface area contributed by atoms with Crippen molar-refractivity contribution in [3.8, 4) is 5.75 Å². The first-order valence-electron chi connectivity index (χ1n) is 11.2. The number of hydrogen-bond donors (Lipinski definition) is 1. The molecule has 0 radical (unpaired) electrons. The minimum absolute atomic E-state index is 0.161. The number of nitrogens with zero attached hydrogens (tertiary/aromatic N) is 3. The average molecular weight is 443 g/mol. The van der Waals surface area contributed by atoms with Crippen LogP contribution < -0.4 is 10.1 Å². The van der Waals surface area contributed by atoms with E-state index in [0.717, 1.165) is 31.7 Å². The normalized spacial score (nSPS) is 19.4. The molecule has 2 aliphatic rings. The molecule has 0 spiro atoms. The summed E-state index contributed by atoms with van der Waals surface area (Å²) >= 11 is 1.45. The summed E-state index contributed by atoms with van der Waals surface area (Å²) in [5.74, 6) is 0.230. The van der Waals surface area contributed by atoms with E-state index in [9.17, 15) is 9.59 Å². The van der Waals surface area contributed by atoms with Crippen LogP contribution in [0.25, 0.3) is 0 Å². The molecule has 0 saturated carbocycles. The van der Waals surface area contributed by atoms with Gasteiger partial charge in [-0.3, -0.25) is 14.5 Å². The van der Waals surface area contributed by atoms with Gasteiger partial charge in [-0.25, -0.2) is 4.98 Å². The van der Waals surface area contributed by atoms with Gasteiger partial charge in [-0.05, 0) is 57.8 Å². The van der Waals surface area contributed by atoms with Crippen molar-refractivity contribution < 1.29 is 14.3 Å². The van der Waals surface area contributed by atoms with E-state index in [0.29, 0.717) is 36.0 Å². The molecular formula is C23H30N4O3S. The number of benzene rings is 1. The van der Waals surface area contributed by atoms with Crippen LogP contribution in [0.4, 0.5) is 5.13 Å². The molecule has 2 amide bonds. The summed E-state index contributed by atoms with van der Waals surface area (Å²) in [6.45, 7) is 5.99. The predicted molar refractivity (Wildman–Crippen MR) is 122 cm³/mol. The molecule has 1 unspecified atom stereocenters. The number of para-hydroxylation sites is 1. The van der Waals surface area contributed by atoms with E-state index in [2.05, 4.69) is 15.2 Å². The third kappa shape index (κ3) is 5.25. The lowest BCUT2D eigenvalue weighted by atomic mass is 10.1. The molecule has 2 saturated heterocycles. The first kappa shape index (κ1) is 21.8. The monoisotopic (exact) mass is 442 g/mol. The Bertz CT molecular complexity index is 910. The second-order valence-corrected chi connectivity index (χ2v) is 8.91. The van der Waals surface area contributed by atoms with Gasteiger partial charge in [0.25, 0.3) is 5.91 Å². The number of aromatic nitrogens is 1. The summed E-state index contributed by atoms with van der Waals surface area (Å²) in [4.78, 5) is 34.9. The van der Waals surface area contributed by atoms with Crippen LogP contribution in [0.1, 0.15) is 55.1 Å². The molecule has 4 rings (SSSR count). The fourth-order valence-corrected chi connectivity index (χ4v) is 5.04. The number of hydrogen-bond acceptors (Lipinski definition) is 6. The SMILES string of the molecule is CCOc1ccccc1C(=O)N1CCCC1C(=O)Nc1nc(CN2CCCCC2)cs1. The van der Waals surface area contributed by atoms with Crippen molar-refractivity contribution in [3.63, 3.8) is 0 Å². The van der Waals surface area contributed by atoms with Crippen molar-refractivity contribution in [1.29, 1.82) is 0 Å². The number of carbonyl (C=O) groups excluding carboxylic acids is 2. The molecule has 0 bridgehead atoms. The van der Waals surface area contributed by atoms with Gasteiger partial charge >= 0.3 is 0 Å². The second-order valence-electron chi connectivity index (χ2n) is 8.06. The van der Waals surface area contributed by atoms with Crippen LogP contribution in [0.2, 0.25) is 0 Å². The van der Waals surface area contributed by atoms with Crippen LogP contribution in [0, 0.1) is 0 Å². The minimum Gasteiger partial charge on any atom is -0.493 e. The summed E-state index contributed by atoms with van der Waals surface area (Å²) in [5.41, 5.74) is 1.49. The first-order valence-corrected chi connectivity index (χ1v) is 12.0. The summed E-state index contributed by atoms with van der Waals surface area (Å²) < 4.78 is 5.61. The molecule has 31 heavy (non-hydrogen) atoms. The molecule has 166 valence electrons. The highest BCUT2D eigenvalue weighted by atomic mass is 32.1. The maximum Gasteiger partial charge on any atom is 0.258 e. The van der Waals surface area contributed by atoms with Crippen LogP contribution in [0.5, 0.6) is 5.75 Å². The zero-order valence-corrected chi connectivity index (χ0v) is 18.8. The molecule has 1 aromatic carbocycles. The number of piperidine rings is 1. The Kier molecular flexibility index (Phi) is 7.19. The quantitative estimate of drug-likeness (QED) is 0.707. The van der Waals surface area contributed by atoms with Gasteiger partial charge in [-0.1, -0.05) is 18.6 Å². The van der Waals surface area contributed by atoms with Crippen molar-refractivity contribution in [2.24, 2.45) is 0 Å². The third-order valence-corrected chi connectivity index (χ3v) is 6.66. The largest absolute Gasteiger partial charge is 0.493 e. The first-order chi connectivity index (χ1) is 15.2. The summed E-state index contributed by atoms with van der Waals surface area (Å²) in [6.07, 6.45) is 5.25. The van der Waals surface area contributed by atoms with E-state index >= 15 is 0 Å². The smallest absolute Gasteiger partial charge is 0.258 e. The molecule has 7 nitrogen and oxygen atoms in total. The number of ether oxygens (including phenoxy) is 1. The standard InChI is InChI=1S/C23H30N4O3S/c1-2-30-20-11-5-4-9-18(20)22(29)27-14-8-10-19(27)21(28)25-23-24-17(16-31-23)15-26-12-6-3-7-13-26/h4-5,9,11,16,19H,2-3,6-8,10,12-15H2,1H3,(H,24,25,28). The molecule has 1 N–H and O–H groups in total. The minimum atomic E-state index is -0.489. The van der Waals surface area contributed by atoms with Gasteiger partial charge in [0.1, 0.15) is 11.8 Å². The molecule has 2 fully saturated rings. The fourth-order valence-electron chi connectivity index (χ4n) is 4.33. The Morgan fingerprint density at radius 2 is 1.97 bits per heavy atom. The lowest BCUT2D eigenvalue weighted by Gasteiger charge is -2.25. The highest BCUT2D eigenvalue weighted by molar-refractivity contribution is 7.13. The zero-order valence-electron chi connectivity index (χ0n) is 18.0. The summed E-state index contributed by atoms with van der Waals surface area (Å²) in [7, 11) is 0. The van der Waals surface area contributed by atoms with Gasteiger partial charge in [0, 0.05) is 18.5 Å². The van der Waals surface area contributed by atoms with E-state index in [4.69, 9.17) is 4.74 Å². The number of rotatable bonds is 7. The van der Waals surface area contributed by atoms with Crippen molar-refractivity contribution in [2.75, 3.05) is 31.6 Å². The van der Waals surface area contributed by atoms with Crippen LogP contribution in [0.15, 0.2) is 29.6 Å². The Balaban J connectivity index is 1.40. The van der Waals surface area contributed by atoms with Crippen molar-refractivity contribution in [1.82, 2.24) is 14.8 Å². The van der Waals surface area contributed by atoms with Gasteiger partial charge in [-0.15, -0.1) is 11.3 Å². The molecule has 3 heterocycles. The van der Waals surface area contributed by atoms with E-state index in [1.807, 2.05) is 24.4 Å². The maximum atomic E-state index is 13.2.